The van der Waals surface area contributed by atoms with Crippen LogP contribution in [0.15, 0.2) is 0 Å². The summed E-state index contributed by atoms with van der Waals surface area (Å²) in [5, 5.41) is 3.01. The Morgan fingerprint density at radius 2 is 1.85 bits per heavy atom. The summed E-state index contributed by atoms with van der Waals surface area (Å²) in [7, 11) is 0. The van der Waals surface area contributed by atoms with Gasteiger partial charge in [-0.05, 0) is 20.3 Å². The summed E-state index contributed by atoms with van der Waals surface area (Å²) in [5.41, 5.74) is 0. The summed E-state index contributed by atoms with van der Waals surface area (Å²) >= 11 is 0. The van der Waals surface area contributed by atoms with Gasteiger partial charge < -0.3 is 15.0 Å². The molecule has 1 aromatic heterocycles. The van der Waals surface area contributed by atoms with Gasteiger partial charge in [0.25, 0.3) is 6.43 Å². The second kappa shape index (κ2) is 8.44. The Morgan fingerprint density at radius 3 is 2.40 bits per heavy atom. The van der Waals surface area contributed by atoms with Crippen molar-refractivity contribution < 1.29 is 13.5 Å². The standard InChI is InChI=1S/C12H21F2N5O/c1-4-7-15-10-16-11(19(5-2)6-3)18-12(17-10)20-8-9(13)14/h9H,4-8H2,1-3H3,(H,15,16,17,18). The van der Waals surface area contributed by atoms with Crippen LogP contribution < -0.4 is 15.0 Å². The zero-order chi connectivity index (χ0) is 15.0. The molecule has 0 saturated heterocycles. The van der Waals surface area contributed by atoms with Crippen molar-refractivity contribution in [3.05, 3.63) is 0 Å². The summed E-state index contributed by atoms with van der Waals surface area (Å²) in [6.07, 6.45) is -1.66. The zero-order valence-electron chi connectivity index (χ0n) is 12.1. The Labute approximate surface area is 117 Å². The third-order valence-corrected chi connectivity index (χ3v) is 2.52. The molecule has 0 aliphatic carbocycles. The number of hydrogen-bond acceptors (Lipinski definition) is 6. The van der Waals surface area contributed by atoms with Crippen LogP contribution in [0.1, 0.15) is 27.2 Å². The minimum Gasteiger partial charge on any atom is -0.457 e. The molecule has 8 heteroatoms. The smallest absolute Gasteiger partial charge is 0.323 e. The molecule has 20 heavy (non-hydrogen) atoms. The van der Waals surface area contributed by atoms with Crippen LogP contribution in [0, 0.1) is 0 Å². The highest BCUT2D eigenvalue weighted by Crippen LogP contribution is 2.15. The SMILES string of the molecule is CCCNc1nc(OCC(F)F)nc(N(CC)CC)n1. The second-order valence-corrected chi connectivity index (χ2v) is 4.04. The number of aromatic nitrogens is 3. The van der Waals surface area contributed by atoms with E-state index in [-0.39, 0.29) is 6.01 Å². The van der Waals surface area contributed by atoms with Gasteiger partial charge in [0, 0.05) is 19.6 Å². The van der Waals surface area contributed by atoms with E-state index in [9.17, 15) is 8.78 Å². The molecule has 0 aromatic carbocycles. The molecule has 0 spiro atoms. The van der Waals surface area contributed by atoms with Gasteiger partial charge in [0.2, 0.25) is 11.9 Å². The molecule has 0 bridgehead atoms. The van der Waals surface area contributed by atoms with Gasteiger partial charge in [-0.15, -0.1) is 0 Å². The summed E-state index contributed by atoms with van der Waals surface area (Å²) < 4.78 is 29.3. The van der Waals surface area contributed by atoms with E-state index in [4.69, 9.17) is 4.74 Å². The maximum Gasteiger partial charge on any atom is 0.323 e. The van der Waals surface area contributed by atoms with Gasteiger partial charge in [0.1, 0.15) is 0 Å². The summed E-state index contributed by atoms with van der Waals surface area (Å²) in [4.78, 5) is 14.2. The van der Waals surface area contributed by atoms with E-state index in [1.165, 1.54) is 0 Å². The first kappa shape index (κ1) is 16.3. The topological polar surface area (TPSA) is 63.2 Å². The molecule has 0 aliphatic rings. The number of hydrogen-bond donors (Lipinski definition) is 1. The van der Waals surface area contributed by atoms with Crippen LogP contribution in [-0.4, -0.2) is 47.6 Å². The Morgan fingerprint density at radius 1 is 1.15 bits per heavy atom. The molecule has 0 unspecified atom stereocenters. The average molecular weight is 289 g/mol. The lowest BCUT2D eigenvalue weighted by molar-refractivity contribution is 0.0770. The molecular formula is C12H21F2N5O. The van der Waals surface area contributed by atoms with E-state index >= 15 is 0 Å². The first-order valence-corrected chi connectivity index (χ1v) is 6.76. The van der Waals surface area contributed by atoms with Crippen molar-refractivity contribution in [3.63, 3.8) is 0 Å². The van der Waals surface area contributed by atoms with E-state index in [2.05, 4.69) is 20.3 Å². The average Bonchev–Trinajstić information content (AvgIpc) is 2.44. The molecule has 1 rings (SSSR count). The van der Waals surface area contributed by atoms with Crippen molar-refractivity contribution in [3.8, 4) is 6.01 Å². The number of alkyl halides is 2. The maximum atomic E-state index is 12.2. The van der Waals surface area contributed by atoms with Gasteiger partial charge in [-0.25, -0.2) is 8.78 Å². The van der Waals surface area contributed by atoms with Crippen molar-refractivity contribution in [2.45, 2.75) is 33.6 Å². The number of nitrogens with one attached hydrogen (secondary N) is 1. The molecule has 0 atom stereocenters. The van der Waals surface area contributed by atoms with Gasteiger partial charge in [-0.1, -0.05) is 6.92 Å². The van der Waals surface area contributed by atoms with Gasteiger partial charge >= 0.3 is 6.01 Å². The third kappa shape index (κ3) is 5.10. The summed E-state index contributed by atoms with van der Waals surface area (Å²) in [6, 6.07) is -0.0826. The largest absolute Gasteiger partial charge is 0.457 e. The van der Waals surface area contributed by atoms with Crippen LogP contribution in [0.25, 0.3) is 0 Å². The highest BCUT2D eigenvalue weighted by atomic mass is 19.3. The fourth-order valence-corrected chi connectivity index (χ4v) is 1.51. The fraction of sp³-hybridized carbons (Fsp3) is 0.750. The van der Waals surface area contributed by atoms with E-state index in [1.807, 2.05) is 25.7 Å². The molecule has 1 N–H and O–H groups in total. The number of ether oxygens (including phenoxy) is 1. The van der Waals surface area contributed by atoms with Crippen molar-refractivity contribution >= 4 is 11.9 Å². The van der Waals surface area contributed by atoms with Crippen LogP contribution in [0.2, 0.25) is 0 Å². The summed E-state index contributed by atoms with van der Waals surface area (Å²) in [6.45, 7) is 7.32. The highest BCUT2D eigenvalue weighted by molar-refractivity contribution is 5.38. The van der Waals surface area contributed by atoms with Gasteiger partial charge in [-0.2, -0.15) is 15.0 Å². The fourth-order valence-electron chi connectivity index (χ4n) is 1.51. The Kier molecular flexibility index (Phi) is 6.89. The van der Waals surface area contributed by atoms with Gasteiger partial charge in [-0.3, -0.25) is 0 Å². The molecule has 0 radical (unpaired) electrons. The number of rotatable bonds is 9. The van der Waals surface area contributed by atoms with Crippen LogP contribution >= 0.6 is 0 Å². The molecular weight excluding hydrogens is 268 g/mol. The molecule has 0 amide bonds. The normalized spacial score (nSPS) is 10.7. The molecule has 1 heterocycles. The van der Waals surface area contributed by atoms with Crippen LogP contribution in [-0.2, 0) is 0 Å². The minimum atomic E-state index is -2.56. The summed E-state index contributed by atoms with van der Waals surface area (Å²) in [5.74, 6) is 0.765. The molecule has 0 fully saturated rings. The van der Waals surface area contributed by atoms with Gasteiger partial charge in [0.15, 0.2) is 6.61 Å². The van der Waals surface area contributed by atoms with Crippen LogP contribution in [0.5, 0.6) is 6.01 Å². The van der Waals surface area contributed by atoms with Crippen molar-refractivity contribution in [2.24, 2.45) is 0 Å². The zero-order valence-corrected chi connectivity index (χ0v) is 12.1. The number of anilines is 2. The highest BCUT2D eigenvalue weighted by Gasteiger charge is 2.13. The van der Waals surface area contributed by atoms with Crippen LogP contribution in [0.3, 0.4) is 0 Å². The number of nitrogens with zero attached hydrogens (tertiary/aromatic N) is 4. The Bertz CT molecular complexity index is 401. The first-order chi connectivity index (χ1) is 9.60. The van der Waals surface area contributed by atoms with Crippen molar-refractivity contribution in [1.82, 2.24) is 15.0 Å². The lowest BCUT2D eigenvalue weighted by Gasteiger charge is -2.19. The lowest BCUT2D eigenvalue weighted by atomic mass is 10.5. The molecule has 0 aliphatic heterocycles. The molecule has 1 aromatic rings. The predicted octanol–water partition coefficient (Wildman–Crippen LogP) is 2.18. The van der Waals surface area contributed by atoms with Crippen molar-refractivity contribution in [1.29, 1.82) is 0 Å². The van der Waals surface area contributed by atoms with Crippen LogP contribution in [0.4, 0.5) is 20.7 Å². The maximum absolute atomic E-state index is 12.2. The minimum absolute atomic E-state index is 0.0826. The molecule has 0 saturated carbocycles. The second-order valence-electron chi connectivity index (χ2n) is 4.04. The molecule has 114 valence electrons. The quantitative estimate of drug-likeness (QED) is 0.752. The number of halogens is 2. The van der Waals surface area contributed by atoms with E-state index < -0.39 is 13.0 Å². The third-order valence-electron chi connectivity index (χ3n) is 2.52. The first-order valence-electron chi connectivity index (χ1n) is 6.76. The lowest BCUT2D eigenvalue weighted by Crippen LogP contribution is -2.25. The Balaban J connectivity index is 2.93. The van der Waals surface area contributed by atoms with E-state index in [0.29, 0.717) is 31.5 Å². The van der Waals surface area contributed by atoms with E-state index in [1.54, 1.807) is 0 Å². The Hall–Kier alpha value is -1.73. The van der Waals surface area contributed by atoms with Crippen molar-refractivity contribution in [2.75, 3.05) is 36.5 Å². The monoisotopic (exact) mass is 289 g/mol. The molecule has 6 nitrogen and oxygen atoms in total. The van der Waals surface area contributed by atoms with E-state index in [0.717, 1.165) is 6.42 Å². The van der Waals surface area contributed by atoms with Gasteiger partial charge in [0.05, 0.1) is 0 Å². The predicted molar refractivity (Wildman–Crippen MR) is 73.7 cm³/mol.